The van der Waals surface area contributed by atoms with Crippen molar-refractivity contribution < 1.29 is 24.2 Å². The molecule has 1 aliphatic rings. The zero-order chi connectivity index (χ0) is 25.0. The second kappa shape index (κ2) is 10.3. The minimum absolute atomic E-state index is 0.0670. The van der Waals surface area contributed by atoms with E-state index < -0.39 is 29.6 Å². The van der Waals surface area contributed by atoms with Gasteiger partial charge in [-0.25, -0.2) is 9.59 Å². The second-order valence-corrected chi connectivity index (χ2v) is 10.1. The van der Waals surface area contributed by atoms with Crippen LogP contribution >= 0.6 is 11.3 Å². The van der Waals surface area contributed by atoms with Crippen molar-refractivity contribution in [1.82, 2.24) is 15.6 Å². The zero-order valence-corrected chi connectivity index (χ0v) is 20.3. The predicted octanol–water partition coefficient (Wildman–Crippen LogP) is 3.96. The quantitative estimate of drug-likeness (QED) is 0.415. The molecule has 182 valence electrons. The molecule has 1 atom stereocenters. The number of hydrogen-bond acceptors (Lipinski definition) is 6. The Morgan fingerprint density at radius 3 is 2.29 bits per heavy atom. The first-order valence-electron chi connectivity index (χ1n) is 11.3. The van der Waals surface area contributed by atoms with E-state index >= 15 is 0 Å². The van der Waals surface area contributed by atoms with E-state index in [0.29, 0.717) is 0 Å². The lowest BCUT2D eigenvalue weighted by Crippen LogP contribution is -2.50. The molecule has 1 aliphatic carbocycles. The van der Waals surface area contributed by atoms with Gasteiger partial charge in [0.15, 0.2) is 0 Å². The van der Waals surface area contributed by atoms with E-state index in [9.17, 15) is 19.5 Å². The van der Waals surface area contributed by atoms with Gasteiger partial charge in [-0.2, -0.15) is 0 Å². The van der Waals surface area contributed by atoms with Gasteiger partial charge in [0.05, 0.1) is 5.51 Å². The van der Waals surface area contributed by atoms with Gasteiger partial charge in [-0.1, -0.05) is 48.5 Å². The molecule has 0 bridgehead atoms. The first-order chi connectivity index (χ1) is 16.7. The molecule has 0 radical (unpaired) electrons. The third-order valence-electron chi connectivity index (χ3n) is 5.91. The molecule has 0 fully saturated rings. The van der Waals surface area contributed by atoms with Gasteiger partial charge >= 0.3 is 12.1 Å². The molecule has 2 aromatic carbocycles. The number of ether oxygens (including phenoxy) is 1. The third kappa shape index (κ3) is 5.86. The fourth-order valence-corrected chi connectivity index (χ4v) is 4.99. The molecule has 3 N–H and O–H groups in total. The summed E-state index contributed by atoms with van der Waals surface area (Å²) in [6.45, 7) is 3.54. The standard InChI is InChI=1S/C26H27N3O5S/c1-26(2,12-23(30)28-22(24(31)32)11-16-13-27-15-35-16)29-25(33)34-14-21-19-9-5-3-7-17(19)18-8-4-6-10-20(18)21/h3-10,13,15,21-22H,11-12,14H2,1-2H3,(H,28,30)(H,29,33)(H,31,32). The van der Waals surface area contributed by atoms with E-state index in [1.807, 2.05) is 36.4 Å². The topological polar surface area (TPSA) is 118 Å². The van der Waals surface area contributed by atoms with Crippen LogP contribution in [0.25, 0.3) is 11.1 Å². The molecule has 35 heavy (non-hydrogen) atoms. The number of nitrogens with one attached hydrogen (secondary N) is 2. The molecule has 3 aromatic rings. The maximum absolute atomic E-state index is 12.6. The van der Waals surface area contributed by atoms with E-state index in [1.165, 1.54) is 11.3 Å². The molecule has 0 spiro atoms. The molecule has 4 rings (SSSR count). The Labute approximate surface area is 207 Å². The summed E-state index contributed by atoms with van der Waals surface area (Å²) in [5.41, 5.74) is 5.17. The summed E-state index contributed by atoms with van der Waals surface area (Å²) < 4.78 is 5.57. The summed E-state index contributed by atoms with van der Waals surface area (Å²) in [5.74, 6) is -1.68. The monoisotopic (exact) mass is 493 g/mol. The minimum atomic E-state index is -1.13. The number of hydrogen-bond donors (Lipinski definition) is 3. The van der Waals surface area contributed by atoms with Crippen LogP contribution in [0.3, 0.4) is 0 Å². The van der Waals surface area contributed by atoms with Crippen LogP contribution in [0.5, 0.6) is 0 Å². The molecule has 0 saturated heterocycles. The summed E-state index contributed by atoms with van der Waals surface area (Å²) >= 11 is 1.33. The molecule has 8 nitrogen and oxygen atoms in total. The fourth-order valence-electron chi connectivity index (χ4n) is 4.35. The number of rotatable bonds is 9. The highest BCUT2D eigenvalue weighted by molar-refractivity contribution is 7.09. The minimum Gasteiger partial charge on any atom is -0.480 e. The van der Waals surface area contributed by atoms with E-state index in [0.717, 1.165) is 27.1 Å². The van der Waals surface area contributed by atoms with Crippen LogP contribution in [0.15, 0.2) is 60.2 Å². The van der Waals surface area contributed by atoms with Crippen LogP contribution in [-0.4, -0.2) is 46.2 Å². The predicted molar refractivity (Wildman–Crippen MR) is 132 cm³/mol. The summed E-state index contributed by atoms with van der Waals surface area (Å²) in [7, 11) is 0. The summed E-state index contributed by atoms with van der Waals surface area (Å²) in [4.78, 5) is 41.4. The molecule has 9 heteroatoms. The van der Waals surface area contributed by atoms with E-state index in [1.54, 1.807) is 25.6 Å². The Morgan fingerprint density at radius 2 is 1.71 bits per heavy atom. The Balaban J connectivity index is 1.32. The number of carboxylic acid groups (broad SMARTS) is 1. The van der Waals surface area contributed by atoms with Crippen LogP contribution in [0, 0.1) is 0 Å². The lowest BCUT2D eigenvalue weighted by atomic mass is 9.98. The summed E-state index contributed by atoms with van der Waals surface area (Å²) in [6, 6.07) is 15.1. The highest BCUT2D eigenvalue weighted by Crippen LogP contribution is 2.44. The van der Waals surface area contributed by atoms with Crippen molar-refractivity contribution in [1.29, 1.82) is 0 Å². The number of nitrogens with zero attached hydrogens (tertiary/aromatic N) is 1. The van der Waals surface area contributed by atoms with Crippen molar-refractivity contribution in [2.24, 2.45) is 0 Å². The molecular formula is C26H27N3O5S. The highest BCUT2D eigenvalue weighted by atomic mass is 32.1. The lowest BCUT2D eigenvalue weighted by molar-refractivity contribution is -0.142. The zero-order valence-electron chi connectivity index (χ0n) is 19.5. The van der Waals surface area contributed by atoms with E-state index in [-0.39, 0.29) is 25.4 Å². The lowest BCUT2D eigenvalue weighted by Gasteiger charge is -2.26. The Morgan fingerprint density at radius 1 is 1.09 bits per heavy atom. The van der Waals surface area contributed by atoms with Gasteiger partial charge in [0, 0.05) is 35.4 Å². The molecule has 1 heterocycles. The van der Waals surface area contributed by atoms with Crippen molar-refractivity contribution >= 4 is 29.3 Å². The van der Waals surface area contributed by atoms with Gasteiger partial charge in [0.2, 0.25) is 5.91 Å². The third-order valence-corrected chi connectivity index (χ3v) is 6.71. The fraction of sp³-hybridized carbons (Fsp3) is 0.308. The van der Waals surface area contributed by atoms with Crippen LogP contribution in [0.2, 0.25) is 0 Å². The average Bonchev–Trinajstić information content (AvgIpc) is 3.42. The van der Waals surface area contributed by atoms with E-state index in [2.05, 4.69) is 27.8 Å². The molecular weight excluding hydrogens is 466 g/mol. The van der Waals surface area contributed by atoms with Crippen molar-refractivity contribution in [3.05, 3.63) is 76.2 Å². The number of aliphatic carboxylic acids is 1. The van der Waals surface area contributed by atoms with Crippen LogP contribution < -0.4 is 10.6 Å². The number of carbonyl (C=O) groups excluding carboxylic acids is 2. The first kappa shape index (κ1) is 24.4. The van der Waals surface area contributed by atoms with Crippen LogP contribution in [0.1, 0.15) is 42.2 Å². The number of fused-ring (bicyclic) bond motifs is 3. The van der Waals surface area contributed by atoms with Crippen LogP contribution in [0.4, 0.5) is 4.79 Å². The Bertz CT molecular complexity index is 1180. The molecule has 1 aromatic heterocycles. The molecule has 0 saturated carbocycles. The number of amides is 2. The number of alkyl carbamates (subject to hydrolysis) is 1. The summed E-state index contributed by atoms with van der Waals surface area (Å²) in [6.07, 6.45) is 0.981. The molecule has 1 unspecified atom stereocenters. The maximum Gasteiger partial charge on any atom is 0.407 e. The van der Waals surface area contributed by atoms with Crippen molar-refractivity contribution in [2.45, 2.75) is 44.2 Å². The number of thiazole rings is 1. The highest BCUT2D eigenvalue weighted by Gasteiger charge is 2.31. The van der Waals surface area contributed by atoms with Gasteiger partial charge < -0.3 is 20.5 Å². The maximum atomic E-state index is 12.6. The van der Waals surface area contributed by atoms with Gasteiger partial charge in [-0.05, 0) is 36.1 Å². The summed E-state index contributed by atoms with van der Waals surface area (Å²) in [5, 5.41) is 14.7. The second-order valence-electron chi connectivity index (χ2n) is 9.14. The number of aromatic nitrogens is 1. The van der Waals surface area contributed by atoms with Crippen LogP contribution in [-0.2, 0) is 20.7 Å². The van der Waals surface area contributed by atoms with Gasteiger partial charge in [0.25, 0.3) is 0 Å². The van der Waals surface area contributed by atoms with Crippen molar-refractivity contribution in [3.8, 4) is 11.1 Å². The first-order valence-corrected chi connectivity index (χ1v) is 12.1. The Hall–Kier alpha value is -3.72. The average molecular weight is 494 g/mol. The van der Waals surface area contributed by atoms with Gasteiger partial charge in [-0.15, -0.1) is 11.3 Å². The SMILES string of the molecule is CC(C)(CC(=O)NC(Cc1cncs1)C(=O)O)NC(=O)OCC1c2ccccc2-c2ccccc21. The smallest absolute Gasteiger partial charge is 0.407 e. The van der Waals surface area contributed by atoms with E-state index in [4.69, 9.17) is 4.74 Å². The largest absolute Gasteiger partial charge is 0.480 e. The molecule has 0 aliphatic heterocycles. The van der Waals surface area contributed by atoms with Crippen molar-refractivity contribution in [2.75, 3.05) is 6.61 Å². The van der Waals surface area contributed by atoms with Crippen molar-refractivity contribution in [3.63, 3.8) is 0 Å². The van der Waals surface area contributed by atoms with Gasteiger partial charge in [-0.3, -0.25) is 9.78 Å². The number of carboxylic acids is 1. The normalized spacial score (nSPS) is 13.4. The molecule has 2 amide bonds. The Kier molecular flexibility index (Phi) is 7.16. The number of benzene rings is 2. The number of carbonyl (C=O) groups is 3. The van der Waals surface area contributed by atoms with Gasteiger partial charge in [0.1, 0.15) is 12.6 Å².